The number of methoxy groups -OCH3 is 3. The van der Waals surface area contributed by atoms with E-state index in [1.165, 1.54) is 13.3 Å². The van der Waals surface area contributed by atoms with Crippen molar-refractivity contribution in [2.75, 3.05) is 52.5 Å². The van der Waals surface area contributed by atoms with Gasteiger partial charge in [-0.25, -0.2) is 5.43 Å². The van der Waals surface area contributed by atoms with E-state index in [-0.39, 0.29) is 5.91 Å². The average Bonchev–Trinajstić information content (AvgIpc) is 2.81. The number of rotatable bonds is 8. The number of nitrogens with zero attached hydrogens (tertiary/aromatic N) is 2. The Morgan fingerprint density at radius 1 is 1.13 bits per heavy atom. The maximum absolute atomic E-state index is 12.6. The summed E-state index contributed by atoms with van der Waals surface area (Å²) in [4.78, 5) is 14.9. The maximum atomic E-state index is 12.6. The number of amides is 1. The molecule has 166 valence electrons. The fraction of sp³-hybridized carbons (Fsp3) is 0.364. The van der Waals surface area contributed by atoms with Crippen LogP contribution in [0.2, 0.25) is 0 Å². The topological polar surface area (TPSA) is 81.6 Å². The first-order valence-electron chi connectivity index (χ1n) is 9.77. The monoisotopic (exact) mass is 491 g/mol. The van der Waals surface area contributed by atoms with E-state index in [1.807, 2.05) is 24.3 Å². The van der Waals surface area contributed by atoms with Crippen LogP contribution in [0.4, 0.5) is 5.69 Å². The summed E-state index contributed by atoms with van der Waals surface area (Å²) in [6, 6.07) is 11.3. The number of carbonyl (C=O) groups excluding carboxylic acids is 1. The van der Waals surface area contributed by atoms with Crippen LogP contribution in [0.5, 0.6) is 11.5 Å². The van der Waals surface area contributed by atoms with Gasteiger partial charge in [0.2, 0.25) is 0 Å². The van der Waals surface area contributed by atoms with Crippen LogP contribution in [0.25, 0.3) is 0 Å². The first-order chi connectivity index (χ1) is 15.1. The molecule has 0 aromatic heterocycles. The van der Waals surface area contributed by atoms with Gasteiger partial charge < -0.3 is 23.8 Å². The van der Waals surface area contributed by atoms with Gasteiger partial charge in [0.15, 0.2) is 6.10 Å². The Kier molecular flexibility index (Phi) is 8.27. The number of hydrogen-bond donors (Lipinski definition) is 1. The van der Waals surface area contributed by atoms with Crippen LogP contribution in [0.3, 0.4) is 0 Å². The zero-order chi connectivity index (χ0) is 22.2. The molecule has 0 radical (unpaired) electrons. The molecule has 1 aliphatic heterocycles. The molecule has 0 aliphatic carbocycles. The van der Waals surface area contributed by atoms with Crippen molar-refractivity contribution in [2.45, 2.75) is 6.10 Å². The number of ether oxygens (including phenoxy) is 4. The molecule has 2 aromatic rings. The van der Waals surface area contributed by atoms with E-state index in [4.69, 9.17) is 18.9 Å². The summed E-state index contributed by atoms with van der Waals surface area (Å²) in [6.45, 7) is 3.15. The molecular weight excluding hydrogens is 466 g/mol. The maximum Gasteiger partial charge on any atom is 0.273 e. The van der Waals surface area contributed by atoms with Crippen molar-refractivity contribution in [1.82, 2.24) is 5.43 Å². The highest BCUT2D eigenvalue weighted by molar-refractivity contribution is 9.10. The zero-order valence-corrected chi connectivity index (χ0v) is 19.3. The minimum absolute atomic E-state index is 0.367. The molecule has 1 saturated heterocycles. The summed E-state index contributed by atoms with van der Waals surface area (Å²) in [5.41, 5.74) is 5.09. The van der Waals surface area contributed by atoms with Crippen molar-refractivity contribution in [1.29, 1.82) is 0 Å². The first-order valence-corrected chi connectivity index (χ1v) is 10.6. The largest absolute Gasteiger partial charge is 0.495 e. The van der Waals surface area contributed by atoms with Crippen LogP contribution >= 0.6 is 15.9 Å². The van der Waals surface area contributed by atoms with E-state index < -0.39 is 6.10 Å². The van der Waals surface area contributed by atoms with Crippen LogP contribution in [0.1, 0.15) is 17.2 Å². The van der Waals surface area contributed by atoms with Gasteiger partial charge in [-0.15, -0.1) is 0 Å². The third kappa shape index (κ3) is 5.75. The Balaban J connectivity index is 1.66. The van der Waals surface area contributed by atoms with E-state index in [0.717, 1.165) is 37.6 Å². The van der Waals surface area contributed by atoms with Crippen molar-refractivity contribution >= 4 is 33.7 Å². The van der Waals surface area contributed by atoms with E-state index in [2.05, 4.69) is 31.4 Å². The second-order valence-corrected chi connectivity index (χ2v) is 7.57. The SMILES string of the molecule is COc1cc(C=NNC(=O)C(OC)c2ccc(N3CCOCC3)cc2)cc(OC)c1Br. The summed E-state index contributed by atoms with van der Waals surface area (Å²) in [5.74, 6) is 0.832. The van der Waals surface area contributed by atoms with Crippen molar-refractivity contribution < 1.29 is 23.7 Å². The van der Waals surface area contributed by atoms with Gasteiger partial charge in [-0.05, 0) is 45.8 Å². The molecule has 0 saturated carbocycles. The molecule has 1 amide bonds. The van der Waals surface area contributed by atoms with Crippen molar-refractivity contribution in [3.8, 4) is 11.5 Å². The summed E-state index contributed by atoms with van der Waals surface area (Å²) in [7, 11) is 4.62. The third-order valence-electron chi connectivity index (χ3n) is 4.90. The van der Waals surface area contributed by atoms with E-state index >= 15 is 0 Å². The Hall–Kier alpha value is -2.62. The summed E-state index contributed by atoms with van der Waals surface area (Å²) in [5, 5.41) is 4.05. The van der Waals surface area contributed by atoms with Gasteiger partial charge in [-0.3, -0.25) is 4.79 Å². The van der Waals surface area contributed by atoms with Gasteiger partial charge in [0.05, 0.1) is 33.6 Å². The number of hydrazone groups is 1. The Bertz CT molecular complexity index is 889. The van der Waals surface area contributed by atoms with Gasteiger partial charge in [0, 0.05) is 31.5 Å². The molecule has 8 nitrogen and oxygen atoms in total. The van der Waals surface area contributed by atoms with Crippen LogP contribution in [-0.2, 0) is 14.3 Å². The fourth-order valence-electron chi connectivity index (χ4n) is 3.27. The minimum atomic E-state index is -0.773. The standard InChI is InChI=1S/C22H26BrN3O5/c1-28-18-12-15(13-19(29-2)20(18)23)14-24-25-22(27)21(30-3)16-4-6-17(7-5-16)26-8-10-31-11-9-26/h4-7,12-14,21H,8-11H2,1-3H3,(H,25,27). The molecule has 1 heterocycles. The molecule has 1 atom stereocenters. The number of benzene rings is 2. The van der Waals surface area contributed by atoms with Gasteiger partial charge >= 0.3 is 0 Å². The van der Waals surface area contributed by atoms with E-state index in [1.54, 1.807) is 26.4 Å². The van der Waals surface area contributed by atoms with Crippen molar-refractivity contribution in [3.05, 3.63) is 52.0 Å². The van der Waals surface area contributed by atoms with E-state index in [9.17, 15) is 4.79 Å². The molecule has 2 aromatic carbocycles. The number of carbonyl (C=O) groups is 1. The third-order valence-corrected chi connectivity index (χ3v) is 5.68. The number of nitrogens with one attached hydrogen (secondary N) is 1. The summed E-state index contributed by atoms with van der Waals surface area (Å²) in [6.07, 6.45) is 0.744. The van der Waals surface area contributed by atoms with Crippen LogP contribution < -0.4 is 19.8 Å². The fourth-order valence-corrected chi connectivity index (χ4v) is 3.82. The van der Waals surface area contributed by atoms with Gasteiger partial charge in [0.1, 0.15) is 16.0 Å². The quantitative estimate of drug-likeness (QED) is 0.451. The predicted molar refractivity (Wildman–Crippen MR) is 122 cm³/mol. The minimum Gasteiger partial charge on any atom is -0.495 e. The summed E-state index contributed by atoms with van der Waals surface area (Å²) < 4.78 is 22.1. The first kappa shape index (κ1) is 23.1. The number of hydrogen-bond acceptors (Lipinski definition) is 7. The molecule has 0 bridgehead atoms. The lowest BCUT2D eigenvalue weighted by molar-refractivity contribution is -0.131. The second kappa shape index (κ2) is 11.1. The number of halogens is 1. The van der Waals surface area contributed by atoms with Gasteiger partial charge in [-0.1, -0.05) is 12.1 Å². The number of morpholine rings is 1. The molecule has 9 heteroatoms. The number of anilines is 1. The summed E-state index contributed by atoms with van der Waals surface area (Å²) >= 11 is 3.42. The lowest BCUT2D eigenvalue weighted by atomic mass is 10.1. The Labute approximate surface area is 190 Å². The molecule has 31 heavy (non-hydrogen) atoms. The van der Waals surface area contributed by atoms with Gasteiger partial charge in [0.25, 0.3) is 5.91 Å². The lowest BCUT2D eigenvalue weighted by Gasteiger charge is -2.29. The van der Waals surface area contributed by atoms with Crippen molar-refractivity contribution in [3.63, 3.8) is 0 Å². The normalized spacial score (nSPS) is 15.0. The molecular formula is C22H26BrN3O5. The molecule has 1 fully saturated rings. The van der Waals surface area contributed by atoms with Gasteiger partial charge in [-0.2, -0.15) is 5.10 Å². The molecule has 1 N–H and O–H groups in total. The second-order valence-electron chi connectivity index (χ2n) is 6.78. The predicted octanol–water partition coefficient (Wildman–Crippen LogP) is 3.14. The highest BCUT2D eigenvalue weighted by Gasteiger charge is 2.20. The molecule has 1 aliphatic rings. The zero-order valence-electron chi connectivity index (χ0n) is 17.8. The van der Waals surface area contributed by atoms with Crippen LogP contribution in [-0.4, -0.2) is 59.8 Å². The average molecular weight is 492 g/mol. The van der Waals surface area contributed by atoms with E-state index in [0.29, 0.717) is 21.5 Å². The lowest BCUT2D eigenvalue weighted by Crippen LogP contribution is -2.36. The molecule has 0 spiro atoms. The molecule has 3 rings (SSSR count). The highest BCUT2D eigenvalue weighted by Crippen LogP contribution is 2.35. The Morgan fingerprint density at radius 3 is 2.29 bits per heavy atom. The highest BCUT2D eigenvalue weighted by atomic mass is 79.9. The van der Waals surface area contributed by atoms with Crippen LogP contribution in [0, 0.1) is 0 Å². The Morgan fingerprint density at radius 2 is 1.74 bits per heavy atom. The smallest absolute Gasteiger partial charge is 0.273 e. The van der Waals surface area contributed by atoms with Crippen LogP contribution in [0.15, 0.2) is 46.0 Å². The van der Waals surface area contributed by atoms with Crippen molar-refractivity contribution in [2.24, 2.45) is 5.10 Å². The molecule has 1 unspecified atom stereocenters.